The lowest BCUT2D eigenvalue weighted by Gasteiger charge is -2.21. The third-order valence-corrected chi connectivity index (χ3v) is 2.95. The Morgan fingerprint density at radius 3 is 3.08 bits per heavy atom. The predicted molar refractivity (Wildman–Crippen MR) is 48.9 cm³/mol. The molecule has 1 atom stereocenters. The molecule has 2 rings (SSSR count). The highest BCUT2D eigenvalue weighted by molar-refractivity contribution is 9.10. The molecule has 1 N–H and O–H groups in total. The van der Waals surface area contributed by atoms with E-state index in [9.17, 15) is 5.11 Å². The summed E-state index contributed by atoms with van der Waals surface area (Å²) in [4.78, 5) is 4.26. The van der Waals surface area contributed by atoms with Crippen molar-refractivity contribution in [3.63, 3.8) is 0 Å². The van der Waals surface area contributed by atoms with E-state index in [1.54, 1.807) is 0 Å². The first-order chi connectivity index (χ1) is 5.70. The molecule has 0 amide bonds. The normalized spacial score (nSPS) is 22.4. The largest absolute Gasteiger partial charge is 0.373 e. The lowest BCUT2D eigenvalue weighted by atomic mass is 10.1. The van der Waals surface area contributed by atoms with E-state index < -0.39 is 0 Å². The molecular formula is C8H11BrN2O. The topological polar surface area (TPSA) is 38.0 Å². The minimum atomic E-state index is -0.368. The molecule has 0 aromatic carbocycles. The highest BCUT2D eigenvalue weighted by Crippen LogP contribution is 2.29. The molecule has 1 aromatic rings. The molecule has 0 saturated heterocycles. The van der Waals surface area contributed by atoms with Gasteiger partial charge in [-0.1, -0.05) is 0 Å². The van der Waals surface area contributed by atoms with Crippen molar-refractivity contribution in [2.75, 3.05) is 0 Å². The summed E-state index contributed by atoms with van der Waals surface area (Å²) in [7, 11) is 0. The Morgan fingerprint density at radius 1 is 1.67 bits per heavy atom. The number of rotatable bonds is 0. The van der Waals surface area contributed by atoms with Gasteiger partial charge in [0.15, 0.2) is 0 Å². The van der Waals surface area contributed by atoms with E-state index >= 15 is 0 Å². The summed E-state index contributed by atoms with van der Waals surface area (Å²) in [6.07, 6.45) is 2.53. The summed E-state index contributed by atoms with van der Waals surface area (Å²) in [5, 5.41) is 9.66. The summed E-state index contributed by atoms with van der Waals surface area (Å²) >= 11 is 3.39. The van der Waals surface area contributed by atoms with Gasteiger partial charge >= 0.3 is 0 Å². The number of aromatic nitrogens is 2. The zero-order chi connectivity index (χ0) is 8.72. The van der Waals surface area contributed by atoms with E-state index in [0.717, 1.165) is 35.4 Å². The fraction of sp³-hybridized carbons (Fsp3) is 0.625. The summed E-state index contributed by atoms with van der Waals surface area (Å²) < 4.78 is 2.80. The summed E-state index contributed by atoms with van der Waals surface area (Å²) in [5.41, 5.74) is 1.13. The van der Waals surface area contributed by atoms with Gasteiger partial charge in [0.25, 0.3) is 0 Å². The van der Waals surface area contributed by atoms with Gasteiger partial charge in [-0.15, -0.1) is 0 Å². The standard InChI is InChI=1S/C8H11BrN2O/c1-5-10-8(9)6-3-2-4-7(12)11(5)6/h7,12H,2-4H2,1H3. The number of imidazole rings is 1. The van der Waals surface area contributed by atoms with Crippen molar-refractivity contribution in [1.29, 1.82) is 0 Å². The summed E-state index contributed by atoms with van der Waals surface area (Å²) in [6, 6.07) is 0. The molecule has 4 heteroatoms. The van der Waals surface area contributed by atoms with Gasteiger partial charge in [-0.2, -0.15) is 0 Å². The van der Waals surface area contributed by atoms with Crippen LogP contribution in [0.5, 0.6) is 0 Å². The minimum absolute atomic E-state index is 0.368. The molecule has 0 aliphatic carbocycles. The Morgan fingerprint density at radius 2 is 2.42 bits per heavy atom. The van der Waals surface area contributed by atoms with Crippen LogP contribution in [0.4, 0.5) is 0 Å². The Labute approximate surface area is 79.6 Å². The third-order valence-electron chi connectivity index (χ3n) is 2.31. The summed E-state index contributed by atoms with van der Waals surface area (Å²) in [5.74, 6) is 0.893. The quantitative estimate of drug-likeness (QED) is 0.739. The molecule has 66 valence electrons. The average molecular weight is 231 g/mol. The van der Waals surface area contributed by atoms with Gasteiger partial charge in [-0.3, -0.25) is 0 Å². The molecule has 2 heterocycles. The van der Waals surface area contributed by atoms with Crippen LogP contribution in [-0.2, 0) is 6.42 Å². The van der Waals surface area contributed by atoms with Gasteiger partial charge in [0.05, 0.1) is 5.69 Å². The molecule has 1 aliphatic heterocycles. The highest BCUT2D eigenvalue weighted by Gasteiger charge is 2.22. The average Bonchev–Trinajstić information content (AvgIpc) is 2.29. The number of aliphatic hydroxyl groups excluding tert-OH is 1. The maximum absolute atomic E-state index is 9.66. The molecule has 1 unspecified atom stereocenters. The van der Waals surface area contributed by atoms with Gasteiger partial charge < -0.3 is 9.67 Å². The van der Waals surface area contributed by atoms with Crippen LogP contribution in [0.25, 0.3) is 0 Å². The van der Waals surface area contributed by atoms with Crippen molar-refractivity contribution in [2.45, 2.75) is 32.4 Å². The predicted octanol–water partition coefficient (Wildman–Crippen LogP) is 1.78. The van der Waals surface area contributed by atoms with E-state index in [0.29, 0.717) is 0 Å². The fourth-order valence-electron chi connectivity index (χ4n) is 1.76. The van der Waals surface area contributed by atoms with Crippen molar-refractivity contribution in [1.82, 2.24) is 9.55 Å². The van der Waals surface area contributed by atoms with Crippen LogP contribution in [0, 0.1) is 6.92 Å². The fourth-order valence-corrected chi connectivity index (χ4v) is 2.40. The van der Waals surface area contributed by atoms with Crippen LogP contribution < -0.4 is 0 Å². The van der Waals surface area contributed by atoms with Crippen molar-refractivity contribution in [2.24, 2.45) is 0 Å². The molecule has 0 saturated carbocycles. The van der Waals surface area contributed by atoms with Gasteiger partial charge in [0.1, 0.15) is 16.7 Å². The Balaban J connectivity index is 2.55. The molecule has 1 aromatic heterocycles. The number of hydrogen-bond donors (Lipinski definition) is 1. The molecule has 1 aliphatic rings. The molecule has 0 bridgehead atoms. The number of fused-ring (bicyclic) bond motifs is 1. The maximum Gasteiger partial charge on any atom is 0.132 e. The SMILES string of the molecule is Cc1nc(Br)c2n1C(O)CCC2. The number of aliphatic hydroxyl groups is 1. The second kappa shape index (κ2) is 2.85. The van der Waals surface area contributed by atoms with E-state index in [4.69, 9.17) is 0 Å². The van der Waals surface area contributed by atoms with Crippen LogP contribution in [0.3, 0.4) is 0 Å². The van der Waals surface area contributed by atoms with E-state index in [1.807, 2.05) is 11.5 Å². The number of halogens is 1. The lowest BCUT2D eigenvalue weighted by molar-refractivity contribution is 0.0766. The zero-order valence-corrected chi connectivity index (χ0v) is 8.50. The van der Waals surface area contributed by atoms with Crippen molar-refractivity contribution in [3.8, 4) is 0 Å². The van der Waals surface area contributed by atoms with Gasteiger partial charge in [-0.05, 0) is 42.1 Å². The Bertz CT molecular complexity index is 308. The Hall–Kier alpha value is -0.350. The number of aryl methyl sites for hydroxylation is 1. The second-order valence-corrected chi connectivity index (χ2v) is 3.89. The van der Waals surface area contributed by atoms with E-state index in [-0.39, 0.29) is 6.23 Å². The molecule has 0 spiro atoms. The maximum atomic E-state index is 9.66. The van der Waals surface area contributed by atoms with Crippen LogP contribution in [-0.4, -0.2) is 14.7 Å². The summed E-state index contributed by atoms with van der Waals surface area (Å²) in [6.45, 7) is 1.92. The molecule has 12 heavy (non-hydrogen) atoms. The van der Waals surface area contributed by atoms with E-state index in [1.165, 1.54) is 0 Å². The van der Waals surface area contributed by atoms with Crippen LogP contribution in [0.15, 0.2) is 4.60 Å². The zero-order valence-electron chi connectivity index (χ0n) is 6.92. The van der Waals surface area contributed by atoms with Crippen molar-refractivity contribution >= 4 is 15.9 Å². The number of nitrogens with zero attached hydrogens (tertiary/aromatic N) is 2. The molecule has 0 fully saturated rings. The first-order valence-electron chi connectivity index (χ1n) is 4.11. The van der Waals surface area contributed by atoms with Crippen molar-refractivity contribution < 1.29 is 5.11 Å². The first-order valence-corrected chi connectivity index (χ1v) is 4.90. The minimum Gasteiger partial charge on any atom is -0.373 e. The first kappa shape index (κ1) is 8.26. The highest BCUT2D eigenvalue weighted by atomic mass is 79.9. The molecular weight excluding hydrogens is 220 g/mol. The third kappa shape index (κ3) is 1.10. The molecule has 3 nitrogen and oxygen atoms in total. The van der Waals surface area contributed by atoms with Gasteiger partial charge in [-0.25, -0.2) is 4.98 Å². The van der Waals surface area contributed by atoms with Crippen LogP contribution in [0.1, 0.15) is 30.6 Å². The van der Waals surface area contributed by atoms with Crippen LogP contribution in [0.2, 0.25) is 0 Å². The Kier molecular flexibility index (Phi) is 1.96. The van der Waals surface area contributed by atoms with E-state index in [2.05, 4.69) is 20.9 Å². The number of hydrogen-bond acceptors (Lipinski definition) is 2. The monoisotopic (exact) mass is 230 g/mol. The van der Waals surface area contributed by atoms with Gasteiger partial charge in [0.2, 0.25) is 0 Å². The second-order valence-electron chi connectivity index (χ2n) is 3.14. The molecule has 0 radical (unpaired) electrons. The van der Waals surface area contributed by atoms with Crippen LogP contribution >= 0.6 is 15.9 Å². The lowest BCUT2D eigenvalue weighted by Crippen LogP contribution is -2.18. The smallest absolute Gasteiger partial charge is 0.132 e. The van der Waals surface area contributed by atoms with Gasteiger partial charge in [0, 0.05) is 0 Å². The van der Waals surface area contributed by atoms with Crippen molar-refractivity contribution in [3.05, 3.63) is 16.1 Å².